The standard InChI is InChI=1S/C19H23FN4O3/c20-15-4-2-1-3-14(15)16-11-22-19(27-16)6-5-18(26)23-13-7-9-24(10-8-13)12-17(21)25/h1-4,11,13H,5-10,12H2,(H2,21,25)(H,23,26). The van der Waals surface area contributed by atoms with Crippen molar-refractivity contribution >= 4 is 11.8 Å². The molecule has 1 fully saturated rings. The Labute approximate surface area is 156 Å². The van der Waals surface area contributed by atoms with Crippen LogP contribution in [0.5, 0.6) is 0 Å². The molecule has 27 heavy (non-hydrogen) atoms. The molecule has 8 heteroatoms. The van der Waals surface area contributed by atoms with Crippen molar-refractivity contribution < 1.29 is 18.4 Å². The summed E-state index contributed by atoms with van der Waals surface area (Å²) in [5.41, 5.74) is 5.55. The summed E-state index contributed by atoms with van der Waals surface area (Å²) in [6.07, 6.45) is 3.64. The topological polar surface area (TPSA) is 101 Å². The predicted molar refractivity (Wildman–Crippen MR) is 97.0 cm³/mol. The number of carbonyl (C=O) groups excluding carboxylic acids is 2. The Morgan fingerprint density at radius 2 is 2.04 bits per heavy atom. The van der Waals surface area contributed by atoms with Gasteiger partial charge in [0.15, 0.2) is 11.7 Å². The number of oxazole rings is 1. The summed E-state index contributed by atoms with van der Waals surface area (Å²) in [6.45, 7) is 1.73. The van der Waals surface area contributed by atoms with E-state index in [9.17, 15) is 14.0 Å². The highest BCUT2D eigenvalue weighted by molar-refractivity contribution is 5.76. The molecule has 1 aromatic carbocycles. The molecule has 7 nitrogen and oxygen atoms in total. The number of hydrogen-bond donors (Lipinski definition) is 2. The number of carbonyl (C=O) groups is 2. The average molecular weight is 374 g/mol. The van der Waals surface area contributed by atoms with E-state index in [2.05, 4.69) is 10.3 Å². The maximum atomic E-state index is 13.8. The van der Waals surface area contributed by atoms with Crippen molar-refractivity contribution in [2.75, 3.05) is 19.6 Å². The molecule has 144 valence electrons. The molecular weight excluding hydrogens is 351 g/mol. The number of hydrogen-bond acceptors (Lipinski definition) is 5. The lowest BCUT2D eigenvalue weighted by atomic mass is 10.0. The van der Waals surface area contributed by atoms with Gasteiger partial charge in [-0.15, -0.1) is 0 Å². The second-order valence-corrected chi connectivity index (χ2v) is 6.68. The van der Waals surface area contributed by atoms with Crippen molar-refractivity contribution in [2.45, 2.75) is 31.7 Å². The fraction of sp³-hybridized carbons (Fsp3) is 0.421. The fourth-order valence-corrected chi connectivity index (χ4v) is 3.19. The summed E-state index contributed by atoms with van der Waals surface area (Å²) in [5.74, 6) is -0.0298. The van der Waals surface area contributed by atoms with Gasteiger partial charge < -0.3 is 15.5 Å². The van der Waals surface area contributed by atoms with Crippen LogP contribution in [0.1, 0.15) is 25.2 Å². The highest BCUT2D eigenvalue weighted by atomic mass is 19.1. The molecule has 3 N–H and O–H groups in total. The first kappa shape index (κ1) is 19.0. The minimum atomic E-state index is -0.374. The summed E-state index contributed by atoms with van der Waals surface area (Å²) < 4.78 is 19.3. The molecule has 2 aromatic rings. The largest absolute Gasteiger partial charge is 0.441 e. The van der Waals surface area contributed by atoms with Crippen molar-refractivity contribution in [3.63, 3.8) is 0 Å². The molecule has 1 aromatic heterocycles. The smallest absolute Gasteiger partial charge is 0.231 e. The third-order valence-corrected chi connectivity index (χ3v) is 4.59. The Kier molecular flexibility index (Phi) is 6.18. The molecule has 2 amide bonds. The first-order valence-corrected chi connectivity index (χ1v) is 9.01. The van der Waals surface area contributed by atoms with E-state index in [0.717, 1.165) is 25.9 Å². The van der Waals surface area contributed by atoms with Gasteiger partial charge in [-0.2, -0.15) is 0 Å². The number of rotatable bonds is 7. The van der Waals surface area contributed by atoms with Crippen molar-refractivity contribution in [2.24, 2.45) is 5.73 Å². The van der Waals surface area contributed by atoms with E-state index in [1.807, 2.05) is 4.90 Å². The van der Waals surface area contributed by atoms with Gasteiger partial charge in [-0.05, 0) is 25.0 Å². The zero-order chi connectivity index (χ0) is 19.2. The summed E-state index contributed by atoms with van der Waals surface area (Å²) >= 11 is 0. The molecule has 1 saturated heterocycles. The zero-order valence-corrected chi connectivity index (χ0v) is 15.0. The maximum absolute atomic E-state index is 13.8. The van der Waals surface area contributed by atoms with Crippen LogP contribution in [0, 0.1) is 5.82 Å². The molecule has 0 aliphatic carbocycles. The average Bonchev–Trinajstić information content (AvgIpc) is 3.10. The summed E-state index contributed by atoms with van der Waals surface area (Å²) in [4.78, 5) is 29.2. The summed E-state index contributed by atoms with van der Waals surface area (Å²) in [7, 11) is 0. The van der Waals surface area contributed by atoms with Gasteiger partial charge in [-0.25, -0.2) is 9.37 Å². The van der Waals surface area contributed by atoms with Crippen molar-refractivity contribution in [1.82, 2.24) is 15.2 Å². The van der Waals surface area contributed by atoms with Crippen LogP contribution in [0.3, 0.4) is 0 Å². The molecule has 0 bridgehead atoms. The van der Waals surface area contributed by atoms with Gasteiger partial charge in [0.1, 0.15) is 5.82 Å². The van der Waals surface area contributed by atoms with Crippen LogP contribution in [0.25, 0.3) is 11.3 Å². The fourth-order valence-electron chi connectivity index (χ4n) is 3.19. The van der Waals surface area contributed by atoms with Gasteiger partial charge in [0.25, 0.3) is 0 Å². The lowest BCUT2D eigenvalue weighted by Crippen LogP contribution is -2.46. The van der Waals surface area contributed by atoms with Crippen LogP contribution in [0.4, 0.5) is 4.39 Å². The summed E-state index contributed by atoms with van der Waals surface area (Å²) in [6, 6.07) is 6.42. The Bertz CT molecular complexity index is 800. The van der Waals surface area contributed by atoms with E-state index in [-0.39, 0.29) is 36.6 Å². The number of nitrogens with one attached hydrogen (secondary N) is 1. The molecule has 2 heterocycles. The Hall–Kier alpha value is -2.74. The minimum absolute atomic E-state index is 0.0750. The highest BCUT2D eigenvalue weighted by Crippen LogP contribution is 2.23. The molecule has 1 aliphatic rings. The molecular formula is C19H23FN4O3. The van der Waals surface area contributed by atoms with E-state index in [4.69, 9.17) is 10.2 Å². The lowest BCUT2D eigenvalue weighted by molar-refractivity contribution is -0.123. The first-order valence-electron chi connectivity index (χ1n) is 9.01. The molecule has 0 radical (unpaired) electrons. The van der Waals surface area contributed by atoms with E-state index in [0.29, 0.717) is 23.6 Å². The van der Waals surface area contributed by atoms with Gasteiger partial charge in [0.05, 0.1) is 18.3 Å². The van der Waals surface area contributed by atoms with Gasteiger partial charge in [0, 0.05) is 32.0 Å². The number of amides is 2. The number of primary amides is 1. The van der Waals surface area contributed by atoms with E-state index >= 15 is 0 Å². The predicted octanol–water partition coefficient (Wildman–Crippen LogP) is 1.48. The van der Waals surface area contributed by atoms with Gasteiger partial charge >= 0.3 is 0 Å². The number of piperidine rings is 1. The molecule has 0 spiro atoms. The number of benzene rings is 1. The number of halogens is 1. The number of likely N-dealkylation sites (tertiary alicyclic amines) is 1. The third kappa shape index (κ3) is 5.37. The monoisotopic (exact) mass is 374 g/mol. The Balaban J connectivity index is 1.44. The van der Waals surface area contributed by atoms with Crippen LogP contribution in [0.15, 0.2) is 34.9 Å². The molecule has 0 unspecified atom stereocenters. The van der Waals surface area contributed by atoms with Crippen molar-refractivity contribution in [3.8, 4) is 11.3 Å². The molecule has 3 rings (SSSR count). The number of nitrogens with zero attached hydrogens (tertiary/aromatic N) is 2. The van der Waals surface area contributed by atoms with Crippen LogP contribution >= 0.6 is 0 Å². The van der Waals surface area contributed by atoms with Crippen molar-refractivity contribution in [3.05, 3.63) is 42.2 Å². The highest BCUT2D eigenvalue weighted by Gasteiger charge is 2.21. The van der Waals surface area contributed by atoms with E-state index < -0.39 is 0 Å². The minimum Gasteiger partial charge on any atom is -0.441 e. The van der Waals surface area contributed by atoms with Crippen molar-refractivity contribution in [1.29, 1.82) is 0 Å². The SMILES string of the molecule is NC(=O)CN1CCC(NC(=O)CCc2ncc(-c3ccccc3F)o2)CC1. The number of aryl methyl sites for hydroxylation is 1. The lowest BCUT2D eigenvalue weighted by Gasteiger charge is -2.31. The summed E-state index contributed by atoms with van der Waals surface area (Å²) in [5, 5.41) is 3.00. The Morgan fingerprint density at radius 3 is 2.74 bits per heavy atom. The quantitative estimate of drug-likeness (QED) is 0.764. The second kappa shape index (κ2) is 8.77. The van der Waals surface area contributed by atoms with Gasteiger partial charge in [0.2, 0.25) is 11.8 Å². The second-order valence-electron chi connectivity index (χ2n) is 6.68. The number of aromatic nitrogens is 1. The zero-order valence-electron chi connectivity index (χ0n) is 15.0. The van der Waals surface area contributed by atoms with Gasteiger partial charge in [-0.3, -0.25) is 14.5 Å². The first-order chi connectivity index (χ1) is 13.0. The van der Waals surface area contributed by atoms with Crippen LogP contribution in [0.2, 0.25) is 0 Å². The molecule has 0 atom stereocenters. The number of nitrogens with two attached hydrogens (primary N) is 1. The normalized spacial score (nSPS) is 15.6. The third-order valence-electron chi connectivity index (χ3n) is 4.59. The van der Waals surface area contributed by atoms with Crippen LogP contribution < -0.4 is 11.1 Å². The van der Waals surface area contributed by atoms with Gasteiger partial charge in [-0.1, -0.05) is 12.1 Å². The molecule has 0 saturated carbocycles. The Morgan fingerprint density at radius 1 is 1.30 bits per heavy atom. The van der Waals surface area contributed by atoms with Crippen LogP contribution in [-0.4, -0.2) is 47.4 Å². The van der Waals surface area contributed by atoms with E-state index in [1.165, 1.54) is 12.3 Å². The maximum Gasteiger partial charge on any atom is 0.231 e. The molecule has 1 aliphatic heterocycles. The van der Waals surface area contributed by atoms with Crippen LogP contribution in [-0.2, 0) is 16.0 Å². The van der Waals surface area contributed by atoms with E-state index in [1.54, 1.807) is 18.2 Å².